The first-order valence-corrected chi connectivity index (χ1v) is 14.2. The van der Waals surface area contributed by atoms with Crippen molar-refractivity contribution in [1.82, 2.24) is 24.6 Å². The van der Waals surface area contributed by atoms with Crippen LogP contribution in [0.5, 0.6) is 0 Å². The molecule has 2 aromatic carbocycles. The summed E-state index contributed by atoms with van der Waals surface area (Å²) in [5, 5.41) is 5.36. The molecule has 3 aromatic rings. The molecule has 5 rings (SSSR count). The van der Waals surface area contributed by atoms with Crippen molar-refractivity contribution in [2.45, 2.75) is 64.3 Å². The Morgan fingerprint density at radius 1 is 1.10 bits per heavy atom. The number of halogens is 3. The number of nitrogens with zero attached hydrogens (tertiary/aromatic N) is 5. The minimum absolute atomic E-state index is 0.0696. The van der Waals surface area contributed by atoms with Crippen molar-refractivity contribution in [1.29, 1.82) is 0 Å². The molecule has 0 radical (unpaired) electrons. The van der Waals surface area contributed by atoms with E-state index >= 15 is 0 Å². The van der Waals surface area contributed by atoms with E-state index in [1.54, 1.807) is 0 Å². The van der Waals surface area contributed by atoms with Crippen LogP contribution >= 0.6 is 11.6 Å². The molecule has 6 nitrogen and oxygen atoms in total. The molecule has 208 valence electrons. The van der Waals surface area contributed by atoms with Gasteiger partial charge in [-0.25, -0.2) is 18.4 Å². The third-order valence-electron chi connectivity index (χ3n) is 8.63. The van der Waals surface area contributed by atoms with E-state index in [2.05, 4.69) is 16.9 Å². The number of carbonyl (C=O) groups is 1. The van der Waals surface area contributed by atoms with E-state index in [9.17, 15) is 13.6 Å². The molecule has 3 atom stereocenters. The van der Waals surface area contributed by atoms with Gasteiger partial charge in [-0.2, -0.15) is 5.10 Å². The molecular formula is C30H36ClF2N5O. The zero-order valence-corrected chi connectivity index (χ0v) is 23.8. The highest BCUT2D eigenvalue weighted by Crippen LogP contribution is 2.44. The van der Waals surface area contributed by atoms with Gasteiger partial charge in [-0.05, 0) is 94.4 Å². The number of likely N-dealkylation sites (tertiary alicyclic amines) is 1. The summed E-state index contributed by atoms with van der Waals surface area (Å²) in [6.07, 6.45) is 2.91. The van der Waals surface area contributed by atoms with E-state index in [-0.39, 0.29) is 29.7 Å². The van der Waals surface area contributed by atoms with Crippen molar-refractivity contribution >= 4 is 17.5 Å². The highest BCUT2D eigenvalue weighted by molar-refractivity contribution is 6.31. The molecule has 2 aliphatic rings. The number of hydrogen-bond acceptors (Lipinski definition) is 4. The van der Waals surface area contributed by atoms with E-state index in [1.165, 1.54) is 12.1 Å². The summed E-state index contributed by atoms with van der Waals surface area (Å²) in [4.78, 5) is 22.8. The number of carbonyl (C=O) groups excluding carboxylic acids is 1. The van der Waals surface area contributed by atoms with Crippen molar-refractivity contribution in [3.63, 3.8) is 0 Å². The first kappa shape index (κ1) is 27.7. The molecule has 1 amide bonds. The van der Waals surface area contributed by atoms with Crippen LogP contribution in [0.15, 0.2) is 36.4 Å². The maximum atomic E-state index is 14.9. The van der Waals surface area contributed by atoms with Gasteiger partial charge in [0.2, 0.25) is 5.91 Å². The van der Waals surface area contributed by atoms with Crippen LogP contribution in [-0.4, -0.2) is 63.2 Å². The molecule has 2 heterocycles. The number of hydrogen-bond donors (Lipinski definition) is 0. The molecule has 0 spiro atoms. The number of aromatic nitrogens is 3. The average Bonchev–Trinajstić information content (AvgIpc) is 3.54. The number of rotatable bonds is 6. The molecule has 1 aliphatic carbocycles. The van der Waals surface area contributed by atoms with Crippen molar-refractivity contribution < 1.29 is 13.6 Å². The largest absolute Gasteiger partial charge is 0.342 e. The Kier molecular flexibility index (Phi) is 8.06. The summed E-state index contributed by atoms with van der Waals surface area (Å²) in [5.74, 6) is 0.0774. The first-order valence-electron chi connectivity index (χ1n) is 13.8. The average molecular weight is 556 g/mol. The summed E-state index contributed by atoms with van der Waals surface area (Å²) in [7, 11) is 2.04. The monoisotopic (exact) mass is 555 g/mol. The summed E-state index contributed by atoms with van der Waals surface area (Å²) < 4.78 is 30.4. The fraction of sp³-hybridized carbons (Fsp3) is 0.500. The van der Waals surface area contributed by atoms with Gasteiger partial charge in [0.1, 0.15) is 23.3 Å². The fourth-order valence-electron chi connectivity index (χ4n) is 6.29. The molecule has 39 heavy (non-hydrogen) atoms. The van der Waals surface area contributed by atoms with Gasteiger partial charge in [-0.15, -0.1) is 0 Å². The van der Waals surface area contributed by atoms with E-state index in [4.69, 9.17) is 16.6 Å². The second-order valence-electron chi connectivity index (χ2n) is 11.0. The molecule has 1 saturated heterocycles. The Bertz CT molecular complexity index is 1350. The number of benzene rings is 2. The third kappa shape index (κ3) is 5.59. The molecule has 1 aliphatic heterocycles. The van der Waals surface area contributed by atoms with Crippen LogP contribution in [0.3, 0.4) is 0 Å². The van der Waals surface area contributed by atoms with Gasteiger partial charge in [0, 0.05) is 42.1 Å². The van der Waals surface area contributed by atoms with Crippen molar-refractivity contribution in [3.05, 3.63) is 75.8 Å². The van der Waals surface area contributed by atoms with Gasteiger partial charge in [0.15, 0.2) is 0 Å². The zero-order valence-electron chi connectivity index (χ0n) is 23.0. The standard InChI is InChI=1S/C30H36ClF2N5O/c1-5-36(4)23-16-25(24-8-6-21(32)15-28(24)33)26(17-23)30(39)37-12-10-20(11-13-37)29-34-19(3)35-38(29)22-7-9-27(31)18(2)14-22/h6-9,14-15,20,23,25-26H,5,10-13,16-17H2,1-4H3/t23-,25-,26+/m0/s1. The van der Waals surface area contributed by atoms with Crippen molar-refractivity contribution in [2.75, 3.05) is 26.7 Å². The second kappa shape index (κ2) is 11.3. The van der Waals surface area contributed by atoms with Gasteiger partial charge in [0.05, 0.1) is 5.69 Å². The summed E-state index contributed by atoms with van der Waals surface area (Å²) in [6.45, 7) is 8.01. The second-order valence-corrected chi connectivity index (χ2v) is 11.4. The first-order chi connectivity index (χ1) is 18.7. The molecule has 9 heteroatoms. The van der Waals surface area contributed by atoms with Crippen LogP contribution in [0.1, 0.15) is 67.2 Å². The van der Waals surface area contributed by atoms with Gasteiger partial charge in [-0.3, -0.25) is 4.79 Å². The van der Waals surface area contributed by atoms with E-state index in [0.29, 0.717) is 42.3 Å². The maximum Gasteiger partial charge on any atom is 0.226 e. The van der Waals surface area contributed by atoms with Gasteiger partial charge in [-0.1, -0.05) is 24.6 Å². The Balaban J connectivity index is 1.33. The Morgan fingerprint density at radius 2 is 1.85 bits per heavy atom. The predicted molar refractivity (Wildman–Crippen MR) is 148 cm³/mol. The van der Waals surface area contributed by atoms with E-state index in [1.807, 2.05) is 48.7 Å². The summed E-state index contributed by atoms with van der Waals surface area (Å²) in [5.41, 5.74) is 2.34. The predicted octanol–water partition coefficient (Wildman–Crippen LogP) is 6.04. The highest BCUT2D eigenvalue weighted by Gasteiger charge is 2.44. The lowest BCUT2D eigenvalue weighted by Crippen LogP contribution is -2.42. The van der Waals surface area contributed by atoms with Crippen molar-refractivity contribution in [2.24, 2.45) is 5.92 Å². The van der Waals surface area contributed by atoms with Crippen molar-refractivity contribution in [3.8, 4) is 5.69 Å². The molecule has 0 unspecified atom stereocenters. The van der Waals surface area contributed by atoms with Crippen LogP contribution in [0.4, 0.5) is 8.78 Å². The van der Waals surface area contributed by atoms with E-state index < -0.39 is 11.6 Å². The normalized spacial score (nSPS) is 22.2. The van der Waals surface area contributed by atoms with Crippen LogP contribution in [0.2, 0.25) is 5.02 Å². The van der Waals surface area contributed by atoms with Gasteiger partial charge < -0.3 is 9.80 Å². The smallest absolute Gasteiger partial charge is 0.226 e. The Labute approximate surface area is 234 Å². The summed E-state index contributed by atoms with van der Waals surface area (Å²) in [6, 6.07) is 9.76. The zero-order chi connectivity index (χ0) is 27.8. The molecular weight excluding hydrogens is 520 g/mol. The number of piperidine rings is 1. The minimum atomic E-state index is -0.599. The van der Waals surface area contributed by atoms with Crippen LogP contribution in [-0.2, 0) is 4.79 Å². The lowest BCUT2D eigenvalue weighted by molar-refractivity contribution is -0.137. The lowest BCUT2D eigenvalue weighted by atomic mass is 9.86. The Hall–Kier alpha value is -2.84. The van der Waals surface area contributed by atoms with Gasteiger partial charge >= 0.3 is 0 Å². The fourth-order valence-corrected chi connectivity index (χ4v) is 6.40. The molecule has 1 aromatic heterocycles. The number of amides is 1. The Morgan fingerprint density at radius 3 is 2.51 bits per heavy atom. The van der Waals surface area contributed by atoms with Crippen LogP contribution < -0.4 is 0 Å². The minimum Gasteiger partial charge on any atom is -0.342 e. The molecule has 0 bridgehead atoms. The summed E-state index contributed by atoms with van der Waals surface area (Å²) >= 11 is 6.24. The topological polar surface area (TPSA) is 54.3 Å². The molecule has 0 N–H and O–H groups in total. The number of aryl methyl sites for hydroxylation is 2. The van der Waals surface area contributed by atoms with Crippen LogP contribution in [0.25, 0.3) is 5.69 Å². The quantitative estimate of drug-likeness (QED) is 0.372. The molecule has 2 fully saturated rings. The third-order valence-corrected chi connectivity index (χ3v) is 9.06. The SMILES string of the molecule is CCN(C)[C@@H]1C[C@@H](C(=O)N2CCC(c3nc(C)nn3-c3ccc(Cl)c(C)c3)CC2)[C@H](c2ccc(F)cc2F)C1. The maximum absolute atomic E-state index is 14.9. The highest BCUT2D eigenvalue weighted by atomic mass is 35.5. The van der Waals surface area contributed by atoms with E-state index in [0.717, 1.165) is 42.5 Å². The lowest BCUT2D eigenvalue weighted by Gasteiger charge is -2.34. The molecule has 1 saturated carbocycles. The van der Waals surface area contributed by atoms with Crippen LogP contribution in [0, 0.1) is 31.4 Å². The van der Waals surface area contributed by atoms with Gasteiger partial charge in [0.25, 0.3) is 0 Å².